The third kappa shape index (κ3) is 4.40. The number of fused-ring (bicyclic) bond motifs is 1. The Morgan fingerprint density at radius 1 is 1.27 bits per heavy atom. The first-order valence-electron chi connectivity index (χ1n) is 10.7. The van der Waals surface area contributed by atoms with E-state index in [0.29, 0.717) is 29.6 Å². The normalized spacial score (nSPS) is 16.7. The first kappa shape index (κ1) is 23.1. The fraction of sp³-hybridized carbons (Fsp3) is 0.391. The van der Waals surface area contributed by atoms with E-state index in [4.69, 9.17) is 4.74 Å². The summed E-state index contributed by atoms with van der Waals surface area (Å²) >= 11 is 1.22. The van der Waals surface area contributed by atoms with Crippen LogP contribution in [0.4, 0.5) is 4.39 Å². The molecule has 0 fully saturated rings. The number of halogens is 1. The molecule has 1 aromatic carbocycles. The Balaban J connectivity index is 1.73. The lowest BCUT2D eigenvalue weighted by Gasteiger charge is -2.39. The first-order valence-corrected chi connectivity index (χ1v) is 11.5. The number of rotatable bonds is 7. The molecule has 1 aliphatic heterocycles. The van der Waals surface area contributed by atoms with Gasteiger partial charge in [0.2, 0.25) is 5.43 Å². The Hall–Kier alpha value is -3.11. The molecule has 8 nitrogen and oxygen atoms in total. The number of carbonyl (C=O) groups excluding carboxylic acids is 1. The van der Waals surface area contributed by atoms with Crippen molar-refractivity contribution in [1.82, 2.24) is 19.7 Å². The van der Waals surface area contributed by atoms with Gasteiger partial charge in [0, 0.05) is 32.3 Å². The van der Waals surface area contributed by atoms with E-state index in [1.54, 1.807) is 34.9 Å². The number of amides is 1. The Morgan fingerprint density at radius 3 is 2.67 bits per heavy atom. The van der Waals surface area contributed by atoms with E-state index < -0.39 is 11.2 Å². The van der Waals surface area contributed by atoms with Crippen molar-refractivity contribution in [2.75, 3.05) is 20.3 Å². The van der Waals surface area contributed by atoms with E-state index in [1.165, 1.54) is 23.5 Å². The molecule has 3 aromatic rings. The van der Waals surface area contributed by atoms with Gasteiger partial charge in [0.05, 0.1) is 18.2 Å². The maximum atomic E-state index is 13.2. The number of nitrogens with zero attached hydrogens (tertiary/aromatic N) is 4. The molecule has 0 spiro atoms. The fourth-order valence-corrected chi connectivity index (χ4v) is 4.82. The Morgan fingerprint density at radius 2 is 2.00 bits per heavy atom. The molecule has 0 radical (unpaired) electrons. The van der Waals surface area contributed by atoms with Gasteiger partial charge in [-0.1, -0.05) is 30.4 Å². The maximum absolute atomic E-state index is 13.2. The molecule has 174 valence electrons. The molecular weight excluding hydrogens is 447 g/mol. The number of hydrogen-bond donors (Lipinski definition) is 1. The van der Waals surface area contributed by atoms with Crippen LogP contribution in [0.1, 0.15) is 47.4 Å². The summed E-state index contributed by atoms with van der Waals surface area (Å²) in [5, 5.41) is 20.1. The van der Waals surface area contributed by atoms with Crippen molar-refractivity contribution in [1.29, 1.82) is 0 Å². The quantitative estimate of drug-likeness (QED) is 0.567. The van der Waals surface area contributed by atoms with Crippen molar-refractivity contribution in [3.8, 4) is 16.3 Å². The molecule has 2 atom stereocenters. The molecule has 10 heteroatoms. The topological polar surface area (TPSA) is 97.6 Å². The highest BCUT2D eigenvalue weighted by molar-refractivity contribution is 7.14. The lowest BCUT2D eigenvalue weighted by Crippen LogP contribution is -2.49. The number of pyridine rings is 1. The predicted molar refractivity (Wildman–Crippen MR) is 122 cm³/mol. The van der Waals surface area contributed by atoms with E-state index in [9.17, 15) is 19.1 Å². The summed E-state index contributed by atoms with van der Waals surface area (Å²) in [7, 11) is 1.57. The van der Waals surface area contributed by atoms with Crippen LogP contribution in [-0.2, 0) is 11.2 Å². The smallest absolute Gasteiger partial charge is 0.274 e. The Labute approximate surface area is 194 Å². The minimum absolute atomic E-state index is 0.0339. The molecule has 0 aliphatic carbocycles. The van der Waals surface area contributed by atoms with E-state index in [0.717, 1.165) is 12.0 Å². The second-order valence-corrected chi connectivity index (χ2v) is 9.17. The largest absolute Gasteiger partial charge is 0.503 e. The van der Waals surface area contributed by atoms with Crippen molar-refractivity contribution in [2.45, 2.75) is 38.8 Å². The number of aromatic nitrogens is 3. The molecule has 1 amide bonds. The minimum atomic E-state index is -0.666. The third-order valence-corrected chi connectivity index (χ3v) is 6.88. The summed E-state index contributed by atoms with van der Waals surface area (Å²) in [6, 6.07) is 5.77. The van der Waals surface area contributed by atoms with Crippen LogP contribution in [0.5, 0.6) is 5.75 Å². The number of benzene rings is 1. The van der Waals surface area contributed by atoms with Crippen LogP contribution in [0.25, 0.3) is 10.6 Å². The monoisotopic (exact) mass is 472 g/mol. The van der Waals surface area contributed by atoms with Crippen LogP contribution < -0.4 is 5.43 Å². The van der Waals surface area contributed by atoms with Gasteiger partial charge in [-0.3, -0.25) is 9.59 Å². The average molecular weight is 473 g/mol. The maximum Gasteiger partial charge on any atom is 0.274 e. The van der Waals surface area contributed by atoms with E-state index >= 15 is 0 Å². The molecule has 0 saturated carbocycles. The van der Waals surface area contributed by atoms with E-state index in [2.05, 4.69) is 10.2 Å². The van der Waals surface area contributed by atoms with Crippen LogP contribution in [0.2, 0.25) is 0 Å². The second kappa shape index (κ2) is 9.40. The van der Waals surface area contributed by atoms with Gasteiger partial charge in [0.25, 0.3) is 5.91 Å². The van der Waals surface area contributed by atoms with Crippen LogP contribution >= 0.6 is 11.3 Å². The SMILES string of the molecule is CC[C@@H](C)N1CC(COC)n2cc(-c3nnc(Cc4ccc(F)cc4)s3)c(=O)c(O)c2C1=O. The Kier molecular flexibility index (Phi) is 6.57. The van der Waals surface area contributed by atoms with Gasteiger partial charge < -0.3 is 19.3 Å². The first-order chi connectivity index (χ1) is 15.8. The molecule has 1 aliphatic rings. The highest BCUT2D eigenvalue weighted by Crippen LogP contribution is 2.32. The number of hydrogen-bond acceptors (Lipinski definition) is 7. The van der Waals surface area contributed by atoms with Gasteiger partial charge in [-0.2, -0.15) is 0 Å². The highest BCUT2D eigenvalue weighted by Gasteiger charge is 2.36. The molecular formula is C23H25FN4O4S. The van der Waals surface area contributed by atoms with Gasteiger partial charge >= 0.3 is 0 Å². The summed E-state index contributed by atoms with van der Waals surface area (Å²) in [5.74, 6) is -1.30. The number of methoxy groups -OCH3 is 1. The summed E-state index contributed by atoms with van der Waals surface area (Å²) in [4.78, 5) is 27.8. The van der Waals surface area contributed by atoms with Crippen molar-refractivity contribution in [3.63, 3.8) is 0 Å². The molecule has 33 heavy (non-hydrogen) atoms. The van der Waals surface area contributed by atoms with Gasteiger partial charge in [-0.25, -0.2) is 4.39 Å². The number of aromatic hydroxyl groups is 1. The molecule has 1 unspecified atom stereocenters. The zero-order chi connectivity index (χ0) is 23.7. The second-order valence-electron chi connectivity index (χ2n) is 8.10. The summed E-state index contributed by atoms with van der Waals surface area (Å²) in [5.41, 5.74) is 0.333. The van der Waals surface area contributed by atoms with Gasteiger partial charge in [0.1, 0.15) is 10.8 Å². The van der Waals surface area contributed by atoms with E-state index in [1.807, 2.05) is 13.8 Å². The van der Waals surface area contributed by atoms with Gasteiger partial charge in [-0.05, 0) is 31.0 Å². The average Bonchev–Trinajstić information content (AvgIpc) is 3.26. The molecule has 2 aromatic heterocycles. The third-order valence-electron chi connectivity index (χ3n) is 5.92. The van der Waals surface area contributed by atoms with Crippen LogP contribution in [0.3, 0.4) is 0 Å². The standard InChI is InChI=1S/C23H25FN4O4S/c1-4-13(2)27-10-16(12-32-3)28-11-17(20(29)21(30)19(28)23(27)31)22-26-25-18(33-22)9-14-5-7-15(24)8-6-14/h5-8,11,13,16,30H,4,9-10,12H2,1-3H3/t13-,16?/m1/s1. The Bertz CT molecular complexity index is 1220. The molecule has 3 heterocycles. The van der Waals surface area contributed by atoms with Crippen LogP contribution in [-0.4, -0.2) is 57.0 Å². The minimum Gasteiger partial charge on any atom is -0.503 e. The summed E-state index contributed by atoms with van der Waals surface area (Å²) in [6.45, 7) is 4.63. The predicted octanol–water partition coefficient (Wildman–Crippen LogP) is 3.24. The number of carbonyl (C=O) groups is 1. The van der Waals surface area contributed by atoms with Crippen molar-refractivity contribution in [2.24, 2.45) is 0 Å². The van der Waals surface area contributed by atoms with Crippen LogP contribution in [0, 0.1) is 5.82 Å². The molecule has 0 saturated heterocycles. The van der Waals surface area contributed by atoms with Crippen LogP contribution in [0.15, 0.2) is 35.3 Å². The summed E-state index contributed by atoms with van der Waals surface area (Å²) < 4.78 is 20.1. The zero-order valence-electron chi connectivity index (χ0n) is 18.6. The van der Waals surface area contributed by atoms with Crippen molar-refractivity contribution in [3.05, 3.63) is 62.8 Å². The van der Waals surface area contributed by atoms with Crippen molar-refractivity contribution < 1.29 is 19.0 Å². The number of ether oxygens (including phenoxy) is 1. The lowest BCUT2D eigenvalue weighted by atomic mass is 10.1. The van der Waals surface area contributed by atoms with E-state index in [-0.39, 0.29) is 35.1 Å². The molecule has 0 bridgehead atoms. The highest BCUT2D eigenvalue weighted by atomic mass is 32.1. The van der Waals surface area contributed by atoms with Gasteiger partial charge in [-0.15, -0.1) is 10.2 Å². The molecule has 1 N–H and O–H groups in total. The van der Waals surface area contributed by atoms with Crippen molar-refractivity contribution >= 4 is 17.2 Å². The fourth-order valence-electron chi connectivity index (χ4n) is 3.94. The summed E-state index contributed by atoms with van der Waals surface area (Å²) in [6.07, 6.45) is 2.75. The molecule has 4 rings (SSSR count). The lowest BCUT2D eigenvalue weighted by molar-refractivity contribution is 0.0488. The van der Waals surface area contributed by atoms with Gasteiger partial charge in [0.15, 0.2) is 16.5 Å². The zero-order valence-corrected chi connectivity index (χ0v) is 19.4.